The van der Waals surface area contributed by atoms with Gasteiger partial charge in [0.1, 0.15) is 0 Å². The molecule has 1 rings (SSSR count). The van der Waals surface area contributed by atoms with Crippen molar-refractivity contribution in [2.45, 2.75) is 26.3 Å². The summed E-state index contributed by atoms with van der Waals surface area (Å²) in [6, 6.07) is 8.70. The van der Waals surface area contributed by atoms with Gasteiger partial charge >= 0.3 is 0 Å². The lowest BCUT2D eigenvalue weighted by Crippen LogP contribution is -2.30. The summed E-state index contributed by atoms with van der Waals surface area (Å²) in [5.41, 5.74) is 9.64. The minimum atomic E-state index is 0.229. The van der Waals surface area contributed by atoms with Gasteiger partial charge in [-0.2, -0.15) is 0 Å². The van der Waals surface area contributed by atoms with Gasteiger partial charge in [0.2, 0.25) is 0 Å². The predicted octanol–water partition coefficient (Wildman–Crippen LogP) is 2.41. The molecule has 3 N–H and O–H groups in total. The van der Waals surface area contributed by atoms with Crippen LogP contribution in [-0.4, -0.2) is 13.1 Å². The van der Waals surface area contributed by atoms with E-state index in [0.29, 0.717) is 6.54 Å². The molecule has 1 atom stereocenters. The zero-order valence-corrected chi connectivity index (χ0v) is 10.3. The molecule has 0 aliphatic carbocycles. The Kier molecular flexibility index (Phi) is 5.23. The predicted molar refractivity (Wildman–Crippen MR) is 70.4 cm³/mol. The third-order valence-electron chi connectivity index (χ3n) is 2.70. The van der Waals surface area contributed by atoms with E-state index < -0.39 is 0 Å². The monoisotopic (exact) mass is 218 g/mol. The first-order valence-corrected chi connectivity index (χ1v) is 5.84. The van der Waals surface area contributed by atoms with Gasteiger partial charge < -0.3 is 11.1 Å². The number of rotatable bonds is 6. The third-order valence-corrected chi connectivity index (χ3v) is 2.70. The molecule has 0 aromatic heterocycles. The van der Waals surface area contributed by atoms with Crippen LogP contribution < -0.4 is 11.1 Å². The van der Waals surface area contributed by atoms with Crippen LogP contribution in [0.15, 0.2) is 36.4 Å². The van der Waals surface area contributed by atoms with Gasteiger partial charge in [-0.05, 0) is 24.5 Å². The van der Waals surface area contributed by atoms with E-state index in [1.54, 1.807) is 0 Å². The number of nitrogens with two attached hydrogens (primary N) is 1. The van der Waals surface area contributed by atoms with E-state index in [4.69, 9.17) is 5.73 Å². The van der Waals surface area contributed by atoms with Gasteiger partial charge in [0, 0.05) is 19.1 Å². The molecule has 1 aromatic carbocycles. The van der Waals surface area contributed by atoms with Gasteiger partial charge in [-0.25, -0.2) is 0 Å². The largest absolute Gasteiger partial charge is 0.329 e. The fraction of sp³-hybridized carbons (Fsp3) is 0.429. The molecule has 0 spiro atoms. The van der Waals surface area contributed by atoms with Crippen LogP contribution >= 0.6 is 0 Å². The fourth-order valence-electron chi connectivity index (χ4n) is 1.81. The Bertz CT molecular complexity index is 344. The van der Waals surface area contributed by atoms with Crippen molar-refractivity contribution in [1.29, 1.82) is 0 Å². The summed E-state index contributed by atoms with van der Waals surface area (Å²) in [7, 11) is 0. The molecule has 0 amide bonds. The van der Waals surface area contributed by atoms with Crippen molar-refractivity contribution in [3.63, 3.8) is 0 Å². The molecule has 1 aromatic rings. The van der Waals surface area contributed by atoms with Crippen molar-refractivity contribution in [1.82, 2.24) is 5.32 Å². The van der Waals surface area contributed by atoms with Gasteiger partial charge in [0.15, 0.2) is 0 Å². The van der Waals surface area contributed by atoms with Crippen molar-refractivity contribution in [3.8, 4) is 0 Å². The molecule has 0 heterocycles. The van der Waals surface area contributed by atoms with Crippen LogP contribution in [-0.2, 0) is 6.42 Å². The summed E-state index contributed by atoms with van der Waals surface area (Å²) in [6.07, 6.45) is 1.04. The SMILES string of the molecule is C=C(C)CNC(CN)c1ccccc1CC. The molecule has 0 aliphatic rings. The second-order valence-corrected chi connectivity index (χ2v) is 4.18. The smallest absolute Gasteiger partial charge is 0.0449 e. The zero-order valence-electron chi connectivity index (χ0n) is 10.3. The Morgan fingerprint density at radius 3 is 2.69 bits per heavy atom. The van der Waals surface area contributed by atoms with Crippen LogP contribution in [0.2, 0.25) is 0 Å². The van der Waals surface area contributed by atoms with E-state index in [2.05, 4.69) is 43.1 Å². The Balaban J connectivity index is 2.81. The van der Waals surface area contributed by atoms with E-state index in [1.807, 2.05) is 6.92 Å². The normalized spacial score (nSPS) is 12.4. The van der Waals surface area contributed by atoms with Gasteiger partial charge in [0.05, 0.1) is 0 Å². The van der Waals surface area contributed by atoms with Gasteiger partial charge in [-0.1, -0.05) is 43.3 Å². The van der Waals surface area contributed by atoms with Crippen LogP contribution in [0.3, 0.4) is 0 Å². The average Bonchev–Trinajstić information content (AvgIpc) is 2.30. The molecule has 2 heteroatoms. The van der Waals surface area contributed by atoms with Gasteiger partial charge in [-0.3, -0.25) is 0 Å². The number of hydrogen-bond donors (Lipinski definition) is 2. The minimum absolute atomic E-state index is 0.229. The molecule has 88 valence electrons. The van der Waals surface area contributed by atoms with Crippen LogP contribution in [0.25, 0.3) is 0 Å². The number of aryl methyl sites for hydroxylation is 1. The molecular formula is C14H22N2. The highest BCUT2D eigenvalue weighted by atomic mass is 14.9. The topological polar surface area (TPSA) is 38.0 Å². The molecule has 2 nitrogen and oxygen atoms in total. The van der Waals surface area contributed by atoms with Gasteiger partial charge in [-0.15, -0.1) is 0 Å². The summed E-state index contributed by atoms with van der Waals surface area (Å²) in [6.45, 7) is 9.52. The minimum Gasteiger partial charge on any atom is -0.329 e. The van der Waals surface area contributed by atoms with Crippen molar-refractivity contribution >= 4 is 0 Å². The summed E-state index contributed by atoms with van der Waals surface area (Å²) >= 11 is 0. The highest BCUT2D eigenvalue weighted by Gasteiger charge is 2.11. The molecule has 0 bridgehead atoms. The average molecular weight is 218 g/mol. The van der Waals surface area contributed by atoms with E-state index in [0.717, 1.165) is 18.5 Å². The first kappa shape index (κ1) is 12.9. The maximum atomic E-state index is 5.82. The molecule has 1 unspecified atom stereocenters. The molecule has 0 aliphatic heterocycles. The maximum absolute atomic E-state index is 5.82. The van der Waals surface area contributed by atoms with E-state index in [1.165, 1.54) is 11.1 Å². The highest BCUT2D eigenvalue weighted by Crippen LogP contribution is 2.17. The lowest BCUT2D eigenvalue weighted by molar-refractivity contribution is 0.565. The number of nitrogens with one attached hydrogen (secondary N) is 1. The molecule has 0 fully saturated rings. The second kappa shape index (κ2) is 6.46. The van der Waals surface area contributed by atoms with Gasteiger partial charge in [0.25, 0.3) is 0 Å². The van der Waals surface area contributed by atoms with E-state index in [-0.39, 0.29) is 6.04 Å². The summed E-state index contributed by atoms with van der Waals surface area (Å²) in [5, 5.41) is 3.44. The lowest BCUT2D eigenvalue weighted by atomic mass is 9.98. The Hall–Kier alpha value is -1.12. The quantitative estimate of drug-likeness (QED) is 0.720. The van der Waals surface area contributed by atoms with Crippen molar-refractivity contribution in [3.05, 3.63) is 47.5 Å². The summed E-state index contributed by atoms with van der Waals surface area (Å²) < 4.78 is 0. The molecular weight excluding hydrogens is 196 g/mol. The maximum Gasteiger partial charge on any atom is 0.0449 e. The molecule has 0 radical (unpaired) electrons. The Morgan fingerprint density at radius 1 is 1.44 bits per heavy atom. The first-order chi connectivity index (χ1) is 7.69. The van der Waals surface area contributed by atoms with Crippen LogP contribution in [0.4, 0.5) is 0 Å². The van der Waals surface area contributed by atoms with E-state index in [9.17, 15) is 0 Å². The first-order valence-electron chi connectivity index (χ1n) is 5.84. The molecule has 0 saturated carbocycles. The molecule has 0 saturated heterocycles. The van der Waals surface area contributed by atoms with Crippen LogP contribution in [0.1, 0.15) is 31.0 Å². The van der Waals surface area contributed by atoms with Crippen molar-refractivity contribution in [2.24, 2.45) is 5.73 Å². The van der Waals surface area contributed by atoms with Crippen molar-refractivity contribution in [2.75, 3.05) is 13.1 Å². The van der Waals surface area contributed by atoms with Crippen LogP contribution in [0.5, 0.6) is 0 Å². The Morgan fingerprint density at radius 2 is 2.12 bits per heavy atom. The molecule has 16 heavy (non-hydrogen) atoms. The van der Waals surface area contributed by atoms with Crippen LogP contribution in [0, 0.1) is 0 Å². The number of hydrogen-bond acceptors (Lipinski definition) is 2. The number of benzene rings is 1. The Labute approximate surface area is 98.6 Å². The zero-order chi connectivity index (χ0) is 12.0. The summed E-state index contributed by atoms with van der Waals surface area (Å²) in [5.74, 6) is 0. The third kappa shape index (κ3) is 3.47. The fourth-order valence-corrected chi connectivity index (χ4v) is 1.81. The summed E-state index contributed by atoms with van der Waals surface area (Å²) in [4.78, 5) is 0. The lowest BCUT2D eigenvalue weighted by Gasteiger charge is -2.20. The van der Waals surface area contributed by atoms with Crippen molar-refractivity contribution < 1.29 is 0 Å². The standard InChI is InChI=1S/C14H22N2/c1-4-12-7-5-6-8-13(12)14(9-15)16-10-11(2)3/h5-8,14,16H,2,4,9-10,15H2,1,3H3. The van der Waals surface area contributed by atoms with E-state index >= 15 is 0 Å². The second-order valence-electron chi connectivity index (χ2n) is 4.18. The highest BCUT2D eigenvalue weighted by molar-refractivity contribution is 5.30.